The first-order chi connectivity index (χ1) is 34.2. The maximum atomic E-state index is 2.49. The lowest BCUT2D eigenvalue weighted by Crippen LogP contribution is -2.72. The lowest BCUT2D eigenvalue weighted by atomic mass is 9.70. The minimum atomic E-state index is -2.64. The molecule has 0 N–H and O–H groups in total. The summed E-state index contributed by atoms with van der Waals surface area (Å²) >= 11 is 0. The number of fused-ring (bicyclic) bond motifs is 13. The number of benzene rings is 11. The quantitative estimate of drug-likeness (QED) is 0.144. The van der Waals surface area contributed by atoms with Crippen LogP contribution < -0.4 is 25.6 Å². The van der Waals surface area contributed by atoms with Crippen molar-refractivity contribution < 1.29 is 0 Å². The second-order valence-electron chi connectivity index (χ2n) is 18.7. The van der Waals surface area contributed by atoms with E-state index in [-0.39, 0.29) is 0 Å². The Morgan fingerprint density at radius 2 is 0.681 bits per heavy atom. The van der Waals surface area contributed by atoms with Gasteiger partial charge >= 0.3 is 0 Å². The van der Waals surface area contributed by atoms with Crippen molar-refractivity contribution in [1.29, 1.82) is 0 Å². The molecule has 1 nitrogen and oxygen atoms in total. The molecule has 1 heterocycles. The van der Waals surface area contributed by atoms with Gasteiger partial charge in [0.25, 0.3) is 0 Å². The van der Waals surface area contributed by atoms with E-state index >= 15 is 0 Å². The van der Waals surface area contributed by atoms with Gasteiger partial charge in [0.05, 0.1) is 11.1 Å². The molecule has 0 aromatic heterocycles. The largest absolute Gasteiger partial charge is 0.310 e. The molecular weight excluding hydrogens is 847 g/mol. The molecule has 1 aliphatic heterocycles. The van der Waals surface area contributed by atoms with E-state index in [0.717, 1.165) is 17.1 Å². The van der Waals surface area contributed by atoms with Crippen LogP contribution in [0.15, 0.2) is 273 Å². The van der Waals surface area contributed by atoms with Gasteiger partial charge in [-0.25, -0.2) is 0 Å². The minimum Gasteiger partial charge on any atom is -0.310 e. The van der Waals surface area contributed by atoms with Gasteiger partial charge in [-0.3, -0.25) is 0 Å². The first kappa shape index (κ1) is 39.6. The Bertz CT molecular complexity index is 3690. The highest BCUT2D eigenvalue weighted by Crippen LogP contribution is 2.64. The van der Waals surface area contributed by atoms with E-state index in [9.17, 15) is 0 Å². The SMILES string of the molecule is c1ccc(-c2ccc(N(c3ccc(-c4cccc([Si]5(c6ccccc6)c6ccccc6-c6ccccc65)c4)cc3)c3cccc4c3-c3ccccc3C43c4ccccc4-c4ccccc43)cc2)cc1. The summed E-state index contributed by atoms with van der Waals surface area (Å²) in [6.45, 7) is 0. The topological polar surface area (TPSA) is 3.24 Å². The molecule has 11 aromatic rings. The Labute approximate surface area is 404 Å². The summed E-state index contributed by atoms with van der Waals surface area (Å²) in [5.41, 5.74) is 21.0. The Balaban J connectivity index is 0.941. The first-order valence-corrected chi connectivity index (χ1v) is 26.1. The molecule has 69 heavy (non-hydrogen) atoms. The maximum absolute atomic E-state index is 2.64. The zero-order chi connectivity index (χ0) is 45.5. The number of nitrogens with zero attached hydrogens (tertiary/aromatic N) is 1. The van der Waals surface area contributed by atoms with Crippen molar-refractivity contribution in [2.24, 2.45) is 0 Å². The van der Waals surface area contributed by atoms with E-state index in [1.165, 1.54) is 98.6 Å². The van der Waals surface area contributed by atoms with Crippen molar-refractivity contribution in [1.82, 2.24) is 0 Å². The van der Waals surface area contributed by atoms with Crippen molar-refractivity contribution >= 4 is 45.9 Å². The molecule has 0 atom stereocenters. The molecule has 0 unspecified atom stereocenters. The van der Waals surface area contributed by atoms with E-state index in [0.29, 0.717) is 0 Å². The molecular formula is C67H45NSi. The zero-order valence-corrected chi connectivity index (χ0v) is 38.9. The number of hydrogen-bond acceptors (Lipinski definition) is 1. The molecule has 322 valence electrons. The van der Waals surface area contributed by atoms with Gasteiger partial charge in [0, 0.05) is 16.9 Å². The molecule has 0 saturated heterocycles. The van der Waals surface area contributed by atoms with Crippen molar-refractivity contribution in [3.05, 3.63) is 295 Å². The lowest BCUT2D eigenvalue weighted by molar-refractivity contribution is 0.794. The van der Waals surface area contributed by atoms with Crippen LogP contribution in [0.25, 0.3) is 55.6 Å². The number of hydrogen-bond donors (Lipinski definition) is 0. The van der Waals surface area contributed by atoms with Crippen molar-refractivity contribution in [3.8, 4) is 55.6 Å². The van der Waals surface area contributed by atoms with Crippen LogP contribution in [0.5, 0.6) is 0 Å². The second-order valence-corrected chi connectivity index (χ2v) is 22.4. The normalized spacial score (nSPS) is 13.7. The van der Waals surface area contributed by atoms with Crippen LogP contribution in [-0.2, 0) is 5.41 Å². The van der Waals surface area contributed by atoms with Gasteiger partial charge in [-0.05, 0) is 123 Å². The van der Waals surface area contributed by atoms with Gasteiger partial charge in [0.2, 0.25) is 0 Å². The summed E-state index contributed by atoms with van der Waals surface area (Å²) in [7, 11) is -2.64. The Morgan fingerprint density at radius 3 is 1.28 bits per heavy atom. The summed E-state index contributed by atoms with van der Waals surface area (Å²) in [5.74, 6) is 0. The Morgan fingerprint density at radius 1 is 0.275 bits per heavy atom. The van der Waals surface area contributed by atoms with Crippen LogP contribution in [0.1, 0.15) is 22.3 Å². The summed E-state index contributed by atoms with van der Waals surface area (Å²) in [6.07, 6.45) is 0. The fourth-order valence-corrected chi connectivity index (χ4v) is 17.8. The van der Waals surface area contributed by atoms with Gasteiger partial charge in [0.15, 0.2) is 8.07 Å². The van der Waals surface area contributed by atoms with E-state index in [2.05, 4.69) is 278 Å². The van der Waals surface area contributed by atoms with Crippen LogP contribution in [0.4, 0.5) is 17.1 Å². The predicted octanol–water partition coefficient (Wildman–Crippen LogP) is 14.2. The Kier molecular flexibility index (Phi) is 8.89. The zero-order valence-electron chi connectivity index (χ0n) is 37.9. The van der Waals surface area contributed by atoms with Gasteiger partial charge < -0.3 is 4.90 Å². The summed E-state index contributed by atoms with van der Waals surface area (Å²) in [4.78, 5) is 2.49. The van der Waals surface area contributed by atoms with Crippen molar-refractivity contribution in [3.63, 3.8) is 0 Å². The highest BCUT2D eigenvalue weighted by molar-refractivity contribution is 7.22. The van der Waals surface area contributed by atoms with Gasteiger partial charge in [-0.2, -0.15) is 0 Å². The standard InChI is InChI=1S/C67H45NSi/c1-3-19-46(20-4-1)47-37-41-50(42-38-47)68(63-34-18-33-62-66(63)58-29-9-14-32-61(58)67(62)59-30-12-7-25-54(59)55-26-8-13-31-60(55)67)51-43-39-48(40-44-51)49-21-17-24-53(45-49)69(52-22-5-2-6-23-52)64-35-15-10-27-56(64)57-28-11-16-36-65(57)69/h1-45H. The van der Waals surface area contributed by atoms with Crippen LogP contribution >= 0.6 is 0 Å². The molecule has 14 rings (SSSR count). The van der Waals surface area contributed by atoms with Crippen LogP contribution in [-0.4, -0.2) is 8.07 Å². The van der Waals surface area contributed by atoms with E-state index in [1.54, 1.807) is 0 Å². The summed E-state index contributed by atoms with van der Waals surface area (Å²) < 4.78 is 0. The smallest absolute Gasteiger partial charge is 0.180 e. The fraction of sp³-hybridized carbons (Fsp3) is 0.0149. The molecule has 0 saturated carbocycles. The number of rotatable bonds is 7. The third kappa shape index (κ3) is 5.64. The lowest BCUT2D eigenvalue weighted by Gasteiger charge is -2.32. The Hall–Kier alpha value is -8.56. The summed E-state index contributed by atoms with van der Waals surface area (Å²) in [5, 5.41) is 5.73. The third-order valence-electron chi connectivity index (χ3n) is 15.4. The van der Waals surface area contributed by atoms with E-state index < -0.39 is 13.5 Å². The van der Waals surface area contributed by atoms with Crippen molar-refractivity contribution in [2.75, 3.05) is 4.90 Å². The minimum absolute atomic E-state index is 0.437. The first-order valence-electron chi connectivity index (χ1n) is 24.1. The molecule has 3 aliphatic rings. The fourth-order valence-electron chi connectivity index (χ4n) is 12.6. The van der Waals surface area contributed by atoms with Crippen LogP contribution in [0, 0.1) is 0 Å². The van der Waals surface area contributed by atoms with E-state index in [4.69, 9.17) is 0 Å². The van der Waals surface area contributed by atoms with Crippen molar-refractivity contribution in [2.45, 2.75) is 5.41 Å². The van der Waals surface area contributed by atoms with Gasteiger partial charge in [-0.15, -0.1) is 0 Å². The monoisotopic (exact) mass is 891 g/mol. The second kappa shape index (κ2) is 15.5. The molecule has 2 heteroatoms. The highest BCUT2D eigenvalue weighted by atomic mass is 28.3. The predicted molar refractivity (Wildman–Crippen MR) is 291 cm³/mol. The molecule has 11 aromatic carbocycles. The van der Waals surface area contributed by atoms with Gasteiger partial charge in [-0.1, -0.05) is 243 Å². The molecule has 0 radical (unpaired) electrons. The van der Waals surface area contributed by atoms with Crippen LogP contribution in [0.2, 0.25) is 0 Å². The highest BCUT2D eigenvalue weighted by Gasteiger charge is 2.52. The molecule has 2 aliphatic carbocycles. The number of anilines is 3. The third-order valence-corrected chi connectivity index (χ3v) is 20.3. The molecule has 0 amide bonds. The average molecular weight is 892 g/mol. The molecule has 1 spiro atoms. The van der Waals surface area contributed by atoms with Gasteiger partial charge in [0.1, 0.15) is 0 Å². The van der Waals surface area contributed by atoms with E-state index in [1.807, 2.05) is 0 Å². The molecule has 0 fully saturated rings. The summed E-state index contributed by atoms with van der Waals surface area (Å²) in [6, 6.07) is 102. The maximum Gasteiger partial charge on any atom is 0.180 e. The molecule has 0 bridgehead atoms. The van der Waals surface area contributed by atoms with Crippen LogP contribution in [0.3, 0.4) is 0 Å². The average Bonchev–Trinajstić information content (AvgIpc) is 4.03.